The van der Waals surface area contributed by atoms with Gasteiger partial charge in [-0.2, -0.15) is 0 Å². The Morgan fingerprint density at radius 3 is 1.06 bits per heavy atom. The lowest BCUT2D eigenvalue weighted by molar-refractivity contribution is 1.28. The Balaban J connectivity index is 1.000. The zero-order chi connectivity index (χ0) is 46.2. The highest BCUT2D eigenvalue weighted by Gasteiger charge is 2.16. The quantitative estimate of drug-likeness (QED) is 0.111. The summed E-state index contributed by atoms with van der Waals surface area (Å²) in [5, 5.41) is 4.92. The number of hydrogen-bond donors (Lipinski definition) is 0. The average Bonchev–Trinajstić information content (AvgIpc) is 3.43. The van der Waals surface area contributed by atoms with E-state index in [1.807, 2.05) is 0 Å². The molecule has 11 aromatic rings. The van der Waals surface area contributed by atoms with Gasteiger partial charge in [-0.1, -0.05) is 237 Å². The van der Waals surface area contributed by atoms with Gasteiger partial charge in [0.25, 0.3) is 0 Å². The summed E-state index contributed by atoms with van der Waals surface area (Å²) in [6, 6.07) is 100. The first kappa shape index (κ1) is 42.6. The van der Waals surface area contributed by atoms with Crippen molar-refractivity contribution in [1.82, 2.24) is 0 Å². The van der Waals surface area contributed by atoms with Crippen molar-refractivity contribution in [3.8, 4) is 0 Å². The summed E-state index contributed by atoms with van der Waals surface area (Å²) in [6.45, 7) is 0. The number of hydrogen-bond acceptors (Lipinski definition) is 1. The summed E-state index contributed by atoms with van der Waals surface area (Å²) in [5.74, 6) is 0. The van der Waals surface area contributed by atoms with Crippen molar-refractivity contribution in [2.24, 2.45) is 0 Å². The van der Waals surface area contributed by atoms with Crippen LogP contribution >= 0.6 is 0 Å². The molecule has 0 bridgehead atoms. The number of rotatable bonds is 12. The molecule has 11 aromatic carbocycles. The summed E-state index contributed by atoms with van der Waals surface area (Å²) >= 11 is 0. The maximum Gasteiger partial charge on any atom is 0.0462 e. The molecule has 0 unspecified atom stereocenters. The Bertz CT molecular complexity index is 3360. The summed E-state index contributed by atoms with van der Waals surface area (Å²) in [7, 11) is 0. The Morgan fingerprint density at radius 2 is 0.609 bits per heavy atom. The molecule has 0 atom stereocenters. The molecule has 0 aliphatic rings. The highest BCUT2D eigenvalue weighted by atomic mass is 15.1. The van der Waals surface area contributed by atoms with Gasteiger partial charge in [0.15, 0.2) is 0 Å². The lowest BCUT2D eigenvalue weighted by Gasteiger charge is -2.26. The van der Waals surface area contributed by atoms with Crippen molar-refractivity contribution in [1.29, 1.82) is 0 Å². The van der Waals surface area contributed by atoms with Crippen LogP contribution in [0.5, 0.6) is 0 Å². The fourth-order valence-electron chi connectivity index (χ4n) is 9.38. The number of fused-ring (bicyclic) bond motifs is 2. The zero-order valence-corrected chi connectivity index (χ0v) is 38.2. The summed E-state index contributed by atoms with van der Waals surface area (Å²) < 4.78 is 0. The molecule has 0 aliphatic heterocycles. The van der Waals surface area contributed by atoms with E-state index in [4.69, 9.17) is 0 Å². The van der Waals surface area contributed by atoms with Crippen molar-refractivity contribution < 1.29 is 0 Å². The molecule has 11 rings (SSSR count). The van der Waals surface area contributed by atoms with Crippen molar-refractivity contribution >= 4 is 73.6 Å². The molecule has 0 aromatic heterocycles. The topological polar surface area (TPSA) is 3.24 Å². The SMILES string of the molecule is C(=C(c1ccccc1)c1ccccc1)c1ccc(N(c2ccc(C=C(c3ccccc3)c3ccccc3)cc2)c2ccc(C=C(c3ccc4ccccc4c3)c3cccc4ccccc34)cc2)cc1. The van der Waals surface area contributed by atoms with Crippen LogP contribution in [0, 0.1) is 0 Å². The van der Waals surface area contributed by atoms with Crippen LogP contribution in [0.1, 0.15) is 50.1 Å². The number of anilines is 3. The predicted octanol–water partition coefficient (Wildman–Crippen LogP) is 18.2. The van der Waals surface area contributed by atoms with Gasteiger partial charge in [-0.3, -0.25) is 0 Å². The first-order valence-corrected chi connectivity index (χ1v) is 23.6. The third kappa shape index (κ3) is 9.49. The van der Waals surface area contributed by atoms with Gasteiger partial charge >= 0.3 is 0 Å². The second-order valence-electron chi connectivity index (χ2n) is 17.3. The smallest absolute Gasteiger partial charge is 0.0462 e. The Kier molecular flexibility index (Phi) is 12.2. The number of benzene rings is 11. The van der Waals surface area contributed by atoms with Crippen LogP contribution in [0.4, 0.5) is 17.1 Å². The van der Waals surface area contributed by atoms with E-state index in [1.54, 1.807) is 0 Å². The minimum absolute atomic E-state index is 1.07. The van der Waals surface area contributed by atoms with E-state index in [0.717, 1.165) is 33.8 Å². The minimum Gasteiger partial charge on any atom is -0.311 e. The van der Waals surface area contributed by atoms with Crippen molar-refractivity contribution in [3.05, 3.63) is 329 Å². The fourth-order valence-corrected chi connectivity index (χ4v) is 9.38. The van der Waals surface area contributed by atoms with Crippen molar-refractivity contribution in [3.63, 3.8) is 0 Å². The van der Waals surface area contributed by atoms with Crippen LogP contribution < -0.4 is 4.90 Å². The van der Waals surface area contributed by atoms with E-state index < -0.39 is 0 Å². The van der Waals surface area contributed by atoms with E-state index in [0.29, 0.717) is 0 Å². The molecule has 69 heavy (non-hydrogen) atoms. The molecule has 0 heterocycles. The van der Waals surface area contributed by atoms with Gasteiger partial charge in [-0.25, -0.2) is 0 Å². The van der Waals surface area contributed by atoms with Crippen LogP contribution in [-0.4, -0.2) is 0 Å². The van der Waals surface area contributed by atoms with Gasteiger partial charge in [0, 0.05) is 17.1 Å². The van der Waals surface area contributed by atoms with Crippen LogP contribution in [0.15, 0.2) is 279 Å². The van der Waals surface area contributed by atoms with Gasteiger partial charge < -0.3 is 4.90 Å². The predicted molar refractivity (Wildman–Crippen MR) is 296 cm³/mol. The molecule has 0 aliphatic carbocycles. The van der Waals surface area contributed by atoms with Gasteiger partial charge in [0.05, 0.1) is 0 Å². The average molecular weight is 880 g/mol. The second kappa shape index (κ2) is 19.8. The Morgan fingerprint density at radius 1 is 0.246 bits per heavy atom. The molecule has 0 saturated heterocycles. The lowest BCUT2D eigenvalue weighted by Crippen LogP contribution is -2.09. The lowest BCUT2D eigenvalue weighted by atomic mass is 9.90. The molecule has 0 spiro atoms. The molecule has 0 fully saturated rings. The monoisotopic (exact) mass is 879 g/mol. The first-order chi connectivity index (χ1) is 34.2. The summed E-state index contributed by atoms with van der Waals surface area (Å²) in [6.07, 6.45) is 6.93. The highest BCUT2D eigenvalue weighted by molar-refractivity contribution is 6.04. The Hall–Kier alpha value is -9.04. The third-order valence-electron chi connectivity index (χ3n) is 12.9. The van der Waals surface area contributed by atoms with E-state index in [9.17, 15) is 0 Å². The van der Waals surface area contributed by atoms with Crippen LogP contribution in [0.3, 0.4) is 0 Å². The molecule has 0 saturated carbocycles. The third-order valence-corrected chi connectivity index (χ3v) is 12.9. The van der Waals surface area contributed by atoms with E-state index in [1.165, 1.54) is 71.6 Å². The van der Waals surface area contributed by atoms with E-state index in [2.05, 4.69) is 302 Å². The van der Waals surface area contributed by atoms with Gasteiger partial charge in [-0.05, 0) is 149 Å². The normalized spacial score (nSPS) is 11.3. The molecule has 326 valence electrons. The summed E-state index contributed by atoms with van der Waals surface area (Å²) in [4.78, 5) is 2.36. The minimum atomic E-state index is 1.07. The largest absolute Gasteiger partial charge is 0.311 e. The van der Waals surface area contributed by atoms with Crippen LogP contribution in [-0.2, 0) is 0 Å². The molecule has 1 nitrogen and oxygen atoms in total. The second-order valence-corrected chi connectivity index (χ2v) is 17.3. The maximum absolute atomic E-state index is 2.36. The van der Waals surface area contributed by atoms with Crippen LogP contribution in [0.2, 0.25) is 0 Å². The van der Waals surface area contributed by atoms with E-state index in [-0.39, 0.29) is 0 Å². The van der Waals surface area contributed by atoms with Crippen LogP contribution in [0.25, 0.3) is 56.5 Å². The Labute approximate surface area is 405 Å². The first-order valence-electron chi connectivity index (χ1n) is 23.6. The van der Waals surface area contributed by atoms with E-state index >= 15 is 0 Å². The van der Waals surface area contributed by atoms with Gasteiger partial charge in [0.1, 0.15) is 0 Å². The van der Waals surface area contributed by atoms with Gasteiger partial charge in [0.2, 0.25) is 0 Å². The van der Waals surface area contributed by atoms with Crippen molar-refractivity contribution in [2.75, 3.05) is 4.90 Å². The standard InChI is InChI=1S/C68H49N/c1-5-19-55(20-6-1)66(56-21-7-2-8-22-56)46-50-32-40-61(41-33-50)69(62-42-34-51(35-43-62)47-67(57-23-9-3-10-24-57)58-25-11-4-12-26-58)63-44-36-52(37-45-63)48-68(60-39-38-53-18-13-14-28-59(53)49-60)65-31-17-29-54-27-15-16-30-64(54)65/h1-49H. The molecular formula is C68H49N. The molecular weight excluding hydrogens is 831 g/mol. The number of nitrogens with zero attached hydrogens (tertiary/aromatic N) is 1. The summed E-state index contributed by atoms with van der Waals surface area (Å²) in [5.41, 5.74) is 17.3. The molecule has 0 amide bonds. The molecule has 1 heteroatoms. The fraction of sp³-hybridized carbons (Fsp3) is 0. The molecule has 0 radical (unpaired) electrons. The maximum atomic E-state index is 2.36. The van der Waals surface area contributed by atoms with Crippen molar-refractivity contribution in [2.45, 2.75) is 0 Å². The highest BCUT2D eigenvalue weighted by Crippen LogP contribution is 2.38. The zero-order valence-electron chi connectivity index (χ0n) is 38.2. The van der Waals surface area contributed by atoms with Gasteiger partial charge in [-0.15, -0.1) is 0 Å². The molecule has 0 N–H and O–H groups in total.